The Morgan fingerprint density at radius 1 is 1.04 bits per heavy atom. The van der Waals surface area contributed by atoms with E-state index in [4.69, 9.17) is 16.7 Å². The molecule has 1 N–H and O–H groups in total. The maximum absolute atomic E-state index is 13.5. The van der Waals surface area contributed by atoms with Crippen molar-refractivity contribution in [2.45, 2.75) is 0 Å². The molecule has 136 valence electrons. The Bertz CT molecular complexity index is 1010. The minimum atomic E-state index is -1.46. The number of carboxylic acids is 1. The van der Waals surface area contributed by atoms with Crippen molar-refractivity contribution in [3.05, 3.63) is 82.6 Å². The first-order valence-corrected chi connectivity index (χ1v) is 8.13. The van der Waals surface area contributed by atoms with E-state index in [1.54, 1.807) is 12.1 Å². The van der Waals surface area contributed by atoms with Gasteiger partial charge in [-0.3, -0.25) is 4.79 Å². The Hall–Kier alpha value is -3.32. The predicted molar refractivity (Wildman–Crippen MR) is 98.3 cm³/mol. The molecule has 0 atom stereocenters. The molecule has 1 heterocycles. The number of rotatable bonds is 5. The third kappa shape index (κ3) is 3.93. The van der Waals surface area contributed by atoms with Gasteiger partial charge in [0.1, 0.15) is 5.82 Å². The molecule has 27 heavy (non-hydrogen) atoms. The van der Waals surface area contributed by atoms with Gasteiger partial charge in [-0.1, -0.05) is 11.6 Å². The first-order valence-electron chi connectivity index (χ1n) is 7.75. The quantitative estimate of drug-likeness (QED) is 0.669. The molecule has 0 aliphatic heterocycles. The lowest BCUT2D eigenvalue weighted by Crippen LogP contribution is -2.13. The second-order valence-electron chi connectivity index (χ2n) is 5.63. The summed E-state index contributed by atoms with van der Waals surface area (Å²) in [5, 5.41) is 9.58. The highest BCUT2D eigenvalue weighted by Gasteiger charge is 2.18. The van der Waals surface area contributed by atoms with E-state index >= 15 is 0 Å². The van der Waals surface area contributed by atoms with Crippen molar-refractivity contribution < 1.29 is 19.1 Å². The van der Waals surface area contributed by atoms with Gasteiger partial charge < -0.3 is 10.0 Å². The van der Waals surface area contributed by atoms with Gasteiger partial charge in [0.2, 0.25) is 11.6 Å². The number of hydrogen-bond acceptors (Lipinski definition) is 5. The lowest BCUT2D eigenvalue weighted by atomic mass is 10.1. The van der Waals surface area contributed by atoms with Crippen molar-refractivity contribution in [2.75, 3.05) is 11.9 Å². The maximum Gasteiger partial charge on any atom is 0.338 e. The van der Waals surface area contributed by atoms with E-state index in [-0.39, 0.29) is 11.4 Å². The molecule has 0 saturated carbocycles. The topological polar surface area (TPSA) is 83.4 Å². The molecule has 1 aromatic heterocycles. The minimum absolute atomic E-state index is 0.00685. The number of carboxylic acid groups (broad SMARTS) is 1. The largest absolute Gasteiger partial charge is 0.478 e. The van der Waals surface area contributed by atoms with E-state index in [0.29, 0.717) is 10.7 Å². The first-order chi connectivity index (χ1) is 12.9. The fourth-order valence-corrected chi connectivity index (χ4v) is 2.51. The number of nitrogens with zero attached hydrogens (tertiary/aromatic N) is 3. The summed E-state index contributed by atoms with van der Waals surface area (Å²) >= 11 is 5.88. The monoisotopic (exact) mass is 385 g/mol. The van der Waals surface area contributed by atoms with Crippen molar-refractivity contribution in [3.63, 3.8) is 0 Å². The van der Waals surface area contributed by atoms with Gasteiger partial charge in [-0.05, 0) is 42.5 Å². The number of carbonyl (C=O) groups is 2. The number of anilines is 2. The van der Waals surface area contributed by atoms with Gasteiger partial charge in [-0.15, -0.1) is 0 Å². The van der Waals surface area contributed by atoms with Crippen LogP contribution in [0.15, 0.2) is 54.9 Å². The van der Waals surface area contributed by atoms with E-state index < -0.39 is 23.1 Å². The average molecular weight is 386 g/mol. The van der Waals surface area contributed by atoms with Crippen LogP contribution in [0, 0.1) is 5.82 Å². The molecule has 8 heteroatoms. The lowest BCUT2D eigenvalue weighted by molar-refractivity contribution is 0.0692. The van der Waals surface area contributed by atoms with Crippen LogP contribution >= 0.6 is 11.6 Å². The summed E-state index contributed by atoms with van der Waals surface area (Å²) in [6.45, 7) is 0. The lowest BCUT2D eigenvalue weighted by Gasteiger charge is -2.18. The molecule has 0 fully saturated rings. The zero-order chi connectivity index (χ0) is 19.6. The van der Waals surface area contributed by atoms with Gasteiger partial charge >= 0.3 is 5.97 Å². The molecule has 0 unspecified atom stereocenters. The third-order valence-corrected chi connectivity index (χ3v) is 4.15. The third-order valence-electron chi connectivity index (χ3n) is 3.90. The molecule has 0 bridgehead atoms. The van der Waals surface area contributed by atoms with Gasteiger partial charge in [0, 0.05) is 23.3 Å². The molecule has 3 rings (SSSR count). The SMILES string of the molecule is CN(c1ccc(Cl)cc1)c1cnc(C(=O)c2ccc(F)c(C(=O)O)c2)nc1. The Kier molecular flexibility index (Phi) is 5.14. The number of aromatic nitrogens is 2. The van der Waals surface area contributed by atoms with Gasteiger partial charge in [0.15, 0.2) is 0 Å². The van der Waals surface area contributed by atoms with Crippen LogP contribution in [0.5, 0.6) is 0 Å². The standard InChI is InChI=1S/C19H13ClFN3O3/c1-24(13-5-3-12(20)4-6-13)14-9-22-18(23-10-14)17(25)11-2-7-16(21)15(8-11)19(26)27/h2-10H,1H3,(H,26,27). The van der Waals surface area contributed by atoms with Crippen molar-refractivity contribution in [1.82, 2.24) is 9.97 Å². The number of carbonyl (C=O) groups excluding carboxylic acids is 1. The molecule has 2 aromatic carbocycles. The number of aromatic carboxylic acids is 1. The zero-order valence-corrected chi connectivity index (χ0v) is 14.8. The van der Waals surface area contributed by atoms with Crippen LogP contribution < -0.4 is 4.90 Å². The highest BCUT2D eigenvalue weighted by Crippen LogP contribution is 2.24. The van der Waals surface area contributed by atoms with E-state index in [1.807, 2.05) is 24.1 Å². The Balaban J connectivity index is 1.84. The highest BCUT2D eigenvalue weighted by atomic mass is 35.5. The van der Waals surface area contributed by atoms with E-state index in [9.17, 15) is 14.0 Å². The summed E-state index contributed by atoms with van der Waals surface area (Å²) in [7, 11) is 1.81. The van der Waals surface area contributed by atoms with Crippen LogP contribution in [-0.4, -0.2) is 33.9 Å². The molecule has 0 amide bonds. The second-order valence-corrected chi connectivity index (χ2v) is 6.07. The van der Waals surface area contributed by atoms with Crippen LogP contribution in [0.25, 0.3) is 0 Å². The first kappa shape index (κ1) is 18.5. The molecule has 0 aliphatic rings. The number of halogens is 2. The van der Waals surface area contributed by atoms with Crippen molar-refractivity contribution >= 4 is 34.7 Å². The summed E-state index contributed by atoms with van der Waals surface area (Å²) in [6.07, 6.45) is 2.94. The molecule has 6 nitrogen and oxygen atoms in total. The van der Waals surface area contributed by atoms with Gasteiger partial charge in [-0.2, -0.15) is 0 Å². The summed E-state index contributed by atoms with van der Waals surface area (Å²) < 4.78 is 13.5. The van der Waals surface area contributed by atoms with Crippen molar-refractivity contribution in [1.29, 1.82) is 0 Å². The maximum atomic E-state index is 13.5. The van der Waals surface area contributed by atoms with Crippen molar-refractivity contribution in [2.24, 2.45) is 0 Å². The minimum Gasteiger partial charge on any atom is -0.478 e. The summed E-state index contributed by atoms with van der Waals surface area (Å²) in [5.41, 5.74) is 0.901. The molecule has 0 radical (unpaired) electrons. The van der Waals surface area contributed by atoms with Crippen LogP contribution in [-0.2, 0) is 0 Å². The number of benzene rings is 2. The van der Waals surface area contributed by atoms with Gasteiger partial charge in [-0.25, -0.2) is 19.2 Å². The molecular formula is C19H13ClFN3O3. The molecule has 0 aliphatic carbocycles. The van der Waals surface area contributed by atoms with Crippen LogP contribution in [0.3, 0.4) is 0 Å². The summed E-state index contributed by atoms with van der Waals surface area (Å²) in [5.74, 6) is -3.09. The van der Waals surface area contributed by atoms with Gasteiger partial charge in [0.25, 0.3) is 0 Å². The Labute approximate surface area is 158 Å². The number of hydrogen-bond donors (Lipinski definition) is 1. The normalized spacial score (nSPS) is 10.5. The van der Waals surface area contributed by atoms with Gasteiger partial charge in [0.05, 0.1) is 23.6 Å². The Morgan fingerprint density at radius 2 is 1.67 bits per heavy atom. The van der Waals surface area contributed by atoms with Crippen LogP contribution in [0.1, 0.15) is 26.5 Å². The number of ketones is 1. The molecular weight excluding hydrogens is 373 g/mol. The second kappa shape index (κ2) is 7.51. The fraction of sp³-hybridized carbons (Fsp3) is 0.0526. The predicted octanol–water partition coefficient (Wildman–Crippen LogP) is 3.97. The van der Waals surface area contributed by atoms with Crippen molar-refractivity contribution in [3.8, 4) is 0 Å². The summed E-state index contributed by atoms with van der Waals surface area (Å²) in [4.78, 5) is 33.4. The highest BCUT2D eigenvalue weighted by molar-refractivity contribution is 6.30. The summed E-state index contributed by atoms with van der Waals surface area (Å²) in [6, 6.07) is 10.2. The molecule has 0 saturated heterocycles. The van der Waals surface area contributed by atoms with E-state index in [1.165, 1.54) is 18.5 Å². The molecule has 0 spiro atoms. The fourth-order valence-electron chi connectivity index (χ4n) is 2.38. The average Bonchev–Trinajstić information content (AvgIpc) is 2.68. The van der Waals surface area contributed by atoms with Crippen LogP contribution in [0.4, 0.5) is 15.8 Å². The van der Waals surface area contributed by atoms with E-state index in [2.05, 4.69) is 9.97 Å². The Morgan fingerprint density at radius 3 is 2.26 bits per heavy atom. The van der Waals surface area contributed by atoms with E-state index in [0.717, 1.165) is 17.8 Å². The smallest absolute Gasteiger partial charge is 0.338 e. The molecule has 3 aromatic rings. The zero-order valence-electron chi connectivity index (χ0n) is 14.1. The van der Waals surface area contributed by atoms with Crippen LogP contribution in [0.2, 0.25) is 5.02 Å².